The van der Waals surface area contributed by atoms with Gasteiger partial charge in [0.2, 0.25) is 5.91 Å². The van der Waals surface area contributed by atoms with Crippen LogP contribution in [0.1, 0.15) is 21.5 Å². The SMILES string of the molecule is CN(Cc1ccccc1)C(=O)C(CO)NC(=O)c1cc(O)cc(CN2CCOCC2)c1. The maximum atomic E-state index is 12.8. The number of hydrogen-bond acceptors (Lipinski definition) is 6. The van der Waals surface area contributed by atoms with Crippen molar-refractivity contribution in [2.75, 3.05) is 40.0 Å². The second-order valence-corrected chi connectivity index (χ2v) is 7.67. The third-order valence-electron chi connectivity index (χ3n) is 5.17. The van der Waals surface area contributed by atoms with E-state index in [2.05, 4.69) is 10.2 Å². The highest BCUT2D eigenvalue weighted by Crippen LogP contribution is 2.18. The molecule has 31 heavy (non-hydrogen) atoms. The highest BCUT2D eigenvalue weighted by atomic mass is 16.5. The molecule has 2 amide bonds. The normalized spacial score (nSPS) is 15.3. The van der Waals surface area contributed by atoms with Crippen LogP contribution in [0.4, 0.5) is 0 Å². The monoisotopic (exact) mass is 427 g/mol. The molecule has 1 saturated heterocycles. The number of hydrogen-bond donors (Lipinski definition) is 3. The number of aliphatic hydroxyl groups excluding tert-OH is 1. The van der Waals surface area contributed by atoms with Gasteiger partial charge in [-0.05, 0) is 29.3 Å². The molecule has 3 rings (SSSR count). The molecule has 0 spiro atoms. The maximum absolute atomic E-state index is 12.8. The van der Waals surface area contributed by atoms with Crippen molar-refractivity contribution >= 4 is 11.8 Å². The Bertz CT molecular complexity index is 884. The van der Waals surface area contributed by atoms with E-state index in [1.54, 1.807) is 19.2 Å². The topological polar surface area (TPSA) is 102 Å². The molecule has 8 heteroatoms. The van der Waals surface area contributed by atoms with Crippen LogP contribution < -0.4 is 5.32 Å². The molecule has 1 unspecified atom stereocenters. The van der Waals surface area contributed by atoms with Crippen LogP contribution in [0.3, 0.4) is 0 Å². The molecule has 166 valence electrons. The number of amides is 2. The molecule has 1 heterocycles. The smallest absolute Gasteiger partial charge is 0.252 e. The Morgan fingerprint density at radius 3 is 2.52 bits per heavy atom. The van der Waals surface area contributed by atoms with Crippen LogP contribution >= 0.6 is 0 Å². The minimum Gasteiger partial charge on any atom is -0.508 e. The summed E-state index contributed by atoms with van der Waals surface area (Å²) in [6, 6.07) is 13.1. The largest absolute Gasteiger partial charge is 0.508 e. The number of phenolic OH excluding ortho intramolecular Hbond substituents is 1. The molecular formula is C23H29N3O5. The average Bonchev–Trinajstić information content (AvgIpc) is 2.77. The highest BCUT2D eigenvalue weighted by molar-refractivity contribution is 5.98. The fourth-order valence-corrected chi connectivity index (χ4v) is 3.54. The summed E-state index contributed by atoms with van der Waals surface area (Å²) in [5, 5.41) is 22.4. The van der Waals surface area contributed by atoms with Gasteiger partial charge in [0.15, 0.2) is 0 Å². The number of aliphatic hydroxyl groups is 1. The third-order valence-corrected chi connectivity index (χ3v) is 5.17. The summed E-state index contributed by atoms with van der Waals surface area (Å²) >= 11 is 0. The number of carbonyl (C=O) groups excluding carboxylic acids is 2. The predicted molar refractivity (Wildman–Crippen MR) is 115 cm³/mol. The van der Waals surface area contributed by atoms with E-state index in [4.69, 9.17) is 4.74 Å². The molecule has 1 atom stereocenters. The van der Waals surface area contributed by atoms with Crippen molar-refractivity contribution in [3.63, 3.8) is 0 Å². The van der Waals surface area contributed by atoms with E-state index in [0.29, 0.717) is 26.3 Å². The van der Waals surface area contributed by atoms with Crippen LogP contribution in [0.2, 0.25) is 0 Å². The summed E-state index contributed by atoms with van der Waals surface area (Å²) in [6.45, 7) is 3.30. The Kier molecular flexibility index (Phi) is 8.00. The van der Waals surface area contributed by atoms with Gasteiger partial charge in [0.1, 0.15) is 11.8 Å². The van der Waals surface area contributed by atoms with E-state index in [1.165, 1.54) is 11.0 Å². The third kappa shape index (κ3) is 6.52. The summed E-state index contributed by atoms with van der Waals surface area (Å²) in [7, 11) is 1.62. The summed E-state index contributed by atoms with van der Waals surface area (Å²) < 4.78 is 5.34. The molecule has 1 aliphatic rings. The molecule has 3 N–H and O–H groups in total. The van der Waals surface area contributed by atoms with Crippen LogP contribution in [0.5, 0.6) is 5.75 Å². The molecular weight excluding hydrogens is 398 g/mol. The van der Waals surface area contributed by atoms with Gasteiger partial charge in [-0.3, -0.25) is 14.5 Å². The number of carbonyl (C=O) groups is 2. The Balaban J connectivity index is 1.64. The summed E-state index contributed by atoms with van der Waals surface area (Å²) in [4.78, 5) is 29.1. The van der Waals surface area contributed by atoms with Gasteiger partial charge in [-0.25, -0.2) is 0 Å². The molecule has 2 aromatic rings. The van der Waals surface area contributed by atoms with Gasteiger partial charge in [-0.2, -0.15) is 0 Å². The summed E-state index contributed by atoms with van der Waals surface area (Å²) in [6.07, 6.45) is 0. The molecule has 0 aromatic heterocycles. The first-order valence-electron chi connectivity index (χ1n) is 10.3. The number of aromatic hydroxyl groups is 1. The fourth-order valence-electron chi connectivity index (χ4n) is 3.54. The average molecular weight is 428 g/mol. The molecule has 0 bridgehead atoms. The molecule has 0 radical (unpaired) electrons. The zero-order valence-corrected chi connectivity index (χ0v) is 17.7. The van der Waals surface area contributed by atoms with Gasteiger partial charge in [0.05, 0.1) is 19.8 Å². The van der Waals surface area contributed by atoms with Crippen molar-refractivity contribution in [2.24, 2.45) is 0 Å². The van der Waals surface area contributed by atoms with Crippen LogP contribution in [0.25, 0.3) is 0 Å². The summed E-state index contributed by atoms with van der Waals surface area (Å²) in [5.41, 5.74) is 1.97. The minimum atomic E-state index is -1.08. The lowest BCUT2D eigenvalue weighted by atomic mass is 10.1. The van der Waals surface area contributed by atoms with Gasteiger partial charge < -0.3 is 25.2 Å². The van der Waals surface area contributed by atoms with Crippen LogP contribution in [0.15, 0.2) is 48.5 Å². The lowest BCUT2D eigenvalue weighted by molar-refractivity contribution is -0.133. The number of rotatable bonds is 8. The van der Waals surface area contributed by atoms with Gasteiger partial charge in [0, 0.05) is 38.8 Å². The van der Waals surface area contributed by atoms with Crippen molar-refractivity contribution in [1.29, 1.82) is 0 Å². The van der Waals surface area contributed by atoms with Crippen molar-refractivity contribution in [1.82, 2.24) is 15.1 Å². The quantitative estimate of drug-likeness (QED) is 0.580. The first-order valence-corrected chi connectivity index (χ1v) is 10.3. The van der Waals surface area contributed by atoms with Crippen molar-refractivity contribution in [3.8, 4) is 5.75 Å². The van der Waals surface area contributed by atoms with E-state index < -0.39 is 24.5 Å². The highest BCUT2D eigenvalue weighted by Gasteiger charge is 2.24. The van der Waals surface area contributed by atoms with Crippen molar-refractivity contribution < 1.29 is 24.5 Å². The standard InChI is InChI=1S/C23H29N3O5/c1-25(14-17-5-3-2-4-6-17)23(30)21(16-27)24-22(29)19-11-18(12-20(28)13-19)15-26-7-9-31-10-8-26/h2-6,11-13,21,27-28H,7-10,14-16H2,1H3,(H,24,29). The number of phenols is 1. The number of likely N-dealkylation sites (N-methyl/N-ethyl adjacent to an activating group) is 1. The molecule has 1 aliphatic heterocycles. The molecule has 0 saturated carbocycles. The van der Waals surface area contributed by atoms with Crippen LogP contribution in [0, 0.1) is 0 Å². The zero-order chi connectivity index (χ0) is 22.2. The Morgan fingerprint density at radius 1 is 1.13 bits per heavy atom. The van der Waals surface area contributed by atoms with E-state index in [0.717, 1.165) is 24.2 Å². The van der Waals surface area contributed by atoms with Gasteiger partial charge in [-0.15, -0.1) is 0 Å². The van der Waals surface area contributed by atoms with Crippen LogP contribution in [-0.4, -0.2) is 77.8 Å². The Hall–Kier alpha value is -2.94. The fraction of sp³-hybridized carbons (Fsp3) is 0.391. The lowest BCUT2D eigenvalue weighted by Crippen LogP contribution is -2.49. The van der Waals surface area contributed by atoms with E-state index in [1.807, 2.05) is 30.3 Å². The number of benzene rings is 2. The Morgan fingerprint density at radius 2 is 1.84 bits per heavy atom. The predicted octanol–water partition coefficient (Wildman–Crippen LogP) is 0.974. The Labute approximate surface area is 182 Å². The first-order chi connectivity index (χ1) is 15.0. The maximum Gasteiger partial charge on any atom is 0.252 e. The molecule has 0 aliphatic carbocycles. The van der Waals surface area contributed by atoms with Gasteiger partial charge in [0.25, 0.3) is 5.91 Å². The number of ether oxygens (including phenoxy) is 1. The van der Waals surface area contributed by atoms with Gasteiger partial charge >= 0.3 is 0 Å². The molecule has 8 nitrogen and oxygen atoms in total. The zero-order valence-electron chi connectivity index (χ0n) is 17.7. The van der Waals surface area contributed by atoms with E-state index in [9.17, 15) is 19.8 Å². The first kappa shape index (κ1) is 22.7. The number of morpholine rings is 1. The summed E-state index contributed by atoms with van der Waals surface area (Å²) in [5.74, 6) is -0.947. The van der Waals surface area contributed by atoms with Gasteiger partial charge in [-0.1, -0.05) is 30.3 Å². The van der Waals surface area contributed by atoms with E-state index in [-0.39, 0.29) is 11.3 Å². The number of nitrogens with one attached hydrogen (secondary N) is 1. The molecule has 1 fully saturated rings. The minimum absolute atomic E-state index is 0.0241. The van der Waals surface area contributed by atoms with Crippen molar-refractivity contribution in [2.45, 2.75) is 19.1 Å². The second kappa shape index (κ2) is 10.9. The van der Waals surface area contributed by atoms with Crippen molar-refractivity contribution in [3.05, 3.63) is 65.2 Å². The second-order valence-electron chi connectivity index (χ2n) is 7.67. The molecule has 2 aromatic carbocycles. The lowest BCUT2D eigenvalue weighted by Gasteiger charge is -2.27. The van der Waals surface area contributed by atoms with E-state index >= 15 is 0 Å². The number of nitrogens with zero attached hydrogens (tertiary/aromatic N) is 2. The van der Waals surface area contributed by atoms with Crippen LogP contribution in [-0.2, 0) is 22.6 Å².